The maximum atomic E-state index is 12.4. The number of rotatable bonds is 3. The molecule has 0 aromatic carbocycles. The van der Waals surface area contributed by atoms with E-state index >= 15 is 0 Å². The summed E-state index contributed by atoms with van der Waals surface area (Å²) < 4.78 is 5.84. The van der Waals surface area contributed by atoms with E-state index < -0.39 is 0 Å². The normalized spacial score (nSPS) is 18.8. The molecule has 1 fully saturated rings. The molecule has 0 aliphatic carbocycles. The Hall–Kier alpha value is -1.82. The molecule has 1 atom stereocenters. The highest BCUT2D eigenvalue weighted by atomic mass is 32.2. The smallest absolute Gasteiger partial charge is 0.225 e. The van der Waals surface area contributed by atoms with Crippen molar-refractivity contribution in [2.24, 2.45) is 0 Å². The van der Waals surface area contributed by atoms with Crippen molar-refractivity contribution in [2.75, 3.05) is 5.75 Å². The van der Waals surface area contributed by atoms with Crippen LogP contribution < -0.4 is 0 Å². The molecule has 0 radical (unpaired) electrons. The van der Waals surface area contributed by atoms with Crippen LogP contribution >= 0.6 is 11.8 Å². The van der Waals surface area contributed by atoms with Crippen LogP contribution in [0.2, 0.25) is 0 Å². The van der Waals surface area contributed by atoms with Crippen LogP contribution in [0.25, 0.3) is 0 Å². The van der Waals surface area contributed by atoms with E-state index in [-0.39, 0.29) is 11.3 Å². The lowest BCUT2D eigenvalue weighted by atomic mass is 10.2. The summed E-state index contributed by atoms with van der Waals surface area (Å²) in [7, 11) is 0. The van der Waals surface area contributed by atoms with Crippen molar-refractivity contribution < 1.29 is 9.21 Å². The predicted octanol–water partition coefficient (Wildman–Crippen LogP) is 3.16. The minimum absolute atomic E-state index is 0.0863. The minimum Gasteiger partial charge on any atom is -0.463 e. The van der Waals surface area contributed by atoms with E-state index in [4.69, 9.17) is 4.42 Å². The number of hydrogen-bond donors (Lipinski definition) is 0. The molecule has 1 amide bonds. The van der Waals surface area contributed by atoms with Crippen molar-refractivity contribution in [1.29, 1.82) is 0 Å². The van der Waals surface area contributed by atoms with E-state index in [1.165, 1.54) is 0 Å². The zero-order valence-electron chi connectivity index (χ0n) is 13.0. The Balaban J connectivity index is 1.86. The summed E-state index contributed by atoms with van der Waals surface area (Å²) in [4.78, 5) is 22.8. The molecule has 0 saturated carbocycles. The molecule has 0 bridgehead atoms. The van der Waals surface area contributed by atoms with Gasteiger partial charge < -0.3 is 9.32 Å². The number of hydrogen-bond acceptors (Lipinski definition) is 5. The van der Waals surface area contributed by atoms with Gasteiger partial charge in [-0.2, -0.15) is 0 Å². The number of thioether (sulfide) groups is 1. The standard InChI is InChI=1S/C16H19N3O2S/c1-10-6-14(21-12(10)3)16-19(15(20)4-5-22-16)9-13-8-17-11(2)7-18-13/h6-8,16H,4-5,9H2,1-3H3. The second-order valence-corrected chi connectivity index (χ2v) is 6.72. The van der Waals surface area contributed by atoms with Crippen LogP contribution in [-0.2, 0) is 11.3 Å². The number of aromatic nitrogens is 2. The first kappa shape index (κ1) is 15.1. The molecule has 6 heteroatoms. The number of furan rings is 1. The minimum atomic E-state index is -0.0863. The highest BCUT2D eigenvalue weighted by Crippen LogP contribution is 2.39. The molecule has 0 N–H and O–H groups in total. The number of nitrogens with zero attached hydrogens (tertiary/aromatic N) is 3. The molecule has 116 valence electrons. The first-order chi connectivity index (χ1) is 10.5. The lowest BCUT2D eigenvalue weighted by molar-refractivity contribution is -0.133. The molecule has 1 unspecified atom stereocenters. The van der Waals surface area contributed by atoms with Crippen molar-refractivity contribution in [3.63, 3.8) is 0 Å². The van der Waals surface area contributed by atoms with Gasteiger partial charge in [-0.15, -0.1) is 11.8 Å². The number of carbonyl (C=O) groups is 1. The average molecular weight is 317 g/mol. The Morgan fingerprint density at radius 2 is 2.14 bits per heavy atom. The van der Waals surface area contributed by atoms with Gasteiger partial charge in [0.15, 0.2) is 0 Å². The summed E-state index contributed by atoms with van der Waals surface area (Å²) in [6, 6.07) is 2.03. The summed E-state index contributed by atoms with van der Waals surface area (Å²) >= 11 is 1.74. The fourth-order valence-electron chi connectivity index (χ4n) is 2.43. The van der Waals surface area contributed by atoms with Crippen molar-refractivity contribution in [2.45, 2.75) is 39.1 Å². The van der Waals surface area contributed by atoms with Gasteiger partial charge in [0, 0.05) is 18.4 Å². The molecule has 1 aliphatic heterocycles. The van der Waals surface area contributed by atoms with Crippen molar-refractivity contribution in [3.8, 4) is 0 Å². The van der Waals surface area contributed by atoms with Crippen LogP contribution in [0.4, 0.5) is 0 Å². The third kappa shape index (κ3) is 3.02. The summed E-state index contributed by atoms with van der Waals surface area (Å²) in [6.45, 7) is 6.33. The molecule has 1 saturated heterocycles. The zero-order chi connectivity index (χ0) is 15.7. The lowest BCUT2D eigenvalue weighted by Crippen LogP contribution is -2.36. The topological polar surface area (TPSA) is 59.2 Å². The first-order valence-electron chi connectivity index (χ1n) is 7.30. The molecule has 22 heavy (non-hydrogen) atoms. The van der Waals surface area contributed by atoms with Gasteiger partial charge in [-0.3, -0.25) is 14.8 Å². The molecule has 5 nitrogen and oxygen atoms in total. The third-order valence-corrected chi connectivity index (χ3v) is 5.03. The van der Waals surface area contributed by atoms with Crippen LogP contribution in [0.15, 0.2) is 22.9 Å². The van der Waals surface area contributed by atoms with Crippen LogP contribution in [0, 0.1) is 20.8 Å². The maximum Gasteiger partial charge on any atom is 0.225 e. The second kappa shape index (κ2) is 6.12. The van der Waals surface area contributed by atoms with Crippen molar-refractivity contribution in [1.82, 2.24) is 14.9 Å². The van der Waals surface area contributed by atoms with Gasteiger partial charge in [0.05, 0.1) is 24.1 Å². The highest BCUT2D eigenvalue weighted by Gasteiger charge is 2.32. The zero-order valence-corrected chi connectivity index (χ0v) is 13.8. The average Bonchev–Trinajstić information content (AvgIpc) is 2.83. The monoisotopic (exact) mass is 317 g/mol. The molecule has 2 aromatic heterocycles. The quantitative estimate of drug-likeness (QED) is 0.870. The molecule has 3 heterocycles. The van der Waals surface area contributed by atoms with Crippen LogP contribution in [0.5, 0.6) is 0 Å². The molecule has 3 rings (SSSR count). The molecule has 1 aliphatic rings. The van der Waals surface area contributed by atoms with Crippen molar-refractivity contribution >= 4 is 17.7 Å². The van der Waals surface area contributed by atoms with E-state index in [0.717, 1.165) is 34.2 Å². The fraction of sp³-hybridized carbons (Fsp3) is 0.438. The van der Waals surface area contributed by atoms with Crippen LogP contribution in [-0.4, -0.2) is 26.5 Å². The highest BCUT2D eigenvalue weighted by molar-refractivity contribution is 7.99. The lowest BCUT2D eigenvalue weighted by Gasteiger charge is -2.33. The number of amides is 1. The van der Waals surface area contributed by atoms with Gasteiger partial charge in [-0.05, 0) is 32.4 Å². The SMILES string of the molecule is Cc1cnc(CN2C(=O)CCSC2c2cc(C)c(C)o2)cn1. The van der Waals surface area contributed by atoms with Crippen LogP contribution in [0.3, 0.4) is 0 Å². The van der Waals surface area contributed by atoms with Gasteiger partial charge in [0.2, 0.25) is 5.91 Å². The van der Waals surface area contributed by atoms with Gasteiger partial charge in [-0.25, -0.2) is 0 Å². The summed E-state index contributed by atoms with van der Waals surface area (Å²) in [5.41, 5.74) is 2.78. The Kier molecular flexibility index (Phi) is 4.20. The second-order valence-electron chi connectivity index (χ2n) is 5.53. The van der Waals surface area contributed by atoms with Gasteiger partial charge in [-0.1, -0.05) is 0 Å². The molecular weight excluding hydrogens is 298 g/mol. The molecule has 0 spiro atoms. The Labute approximate surface area is 134 Å². The Bertz CT molecular complexity index is 662. The number of carbonyl (C=O) groups excluding carboxylic acids is 1. The predicted molar refractivity (Wildman–Crippen MR) is 85.3 cm³/mol. The van der Waals surface area contributed by atoms with Gasteiger partial charge in [0.25, 0.3) is 0 Å². The van der Waals surface area contributed by atoms with Gasteiger partial charge >= 0.3 is 0 Å². The Morgan fingerprint density at radius 1 is 1.32 bits per heavy atom. The largest absolute Gasteiger partial charge is 0.463 e. The van der Waals surface area contributed by atoms with E-state index in [9.17, 15) is 4.79 Å². The summed E-state index contributed by atoms with van der Waals surface area (Å²) in [6.07, 6.45) is 4.02. The summed E-state index contributed by atoms with van der Waals surface area (Å²) in [5, 5.41) is -0.0863. The fourth-order valence-corrected chi connectivity index (χ4v) is 3.60. The van der Waals surface area contributed by atoms with E-state index in [1.807, 2.05) is 31.7 Å². The van der Waals surface area contributed by atoms with E-state index in [1.54, 1.807) is 24.2 Å². The molecule has 2 aromatic rings. The third-order valence-electron chi connectivity index (χ3n) is 3.79. The van der Waals surface area contributed by atoms with E-state index in [2.05, 4.69) is 9.97 Å². The molecular formula is C16H19N3O2S. The Morgan fingerprint density at radius 3 is 2.77 bits per heavy atom. The van der Waals surface area contributed by atoms with Gasteiger partial charge in [0.1, 0.15) is 16.9 Å². The first-order valence-corrected chi connectivity index (χ1v) is 8.35. The summed E-state index contributed by atoms with van der Waals surface area (Å²) in [5.74, 6) is 2.70. The van der Waals surface area contributed by atoms with E-state index in [0.29, 0.717) is 13.0 Å². The van der Waals surface area contributed by atoms with Crippen LogP contribution in [0.1, 0.15) is 40.3 Å². The van der Waals surface area contributed by atoms with Crippen molar-refractivity contribution in [3.05, 3.63) is 46.9 Å². The maximum absolute atomic E-state index is 12.4. The number of aryl methyl sites for hydroxylation is 3.